The van der Waals surface area contributed by atoms with Crippen molar-refractivity contribution in [1.29, 1.82) is 0 Å². The third-order valence-corrected chi connectivity index (χ3v) is 2.61. The number of hydrogen-bond acceptors (Lipinski definition) is 4. The van der Waals surface area contributed by atoms with E-state index in [1.807, 2.05) is 7.05 Å². The Labute approximate surface area is 106 Å². The van der Waals surface area contributed by atoms with Gasteiger partial charge in [0.05, 0.1) is 12.7 Å². The molecule has 0 amide bonds. The Morgan fingerprint density at radius 1 is 1.41 bits per heavy atom. The van der Waals surface area contributed by atoms with E-state index in [4.69, 9.17) is 4.74 Å². The topological polar surface area (TPSA) is 44.7 Å². The molecule has 4 heteroatoms. The van der Waals surface area contributed by atoms with Crippen LogP contribution in [-0.4, -0.2) is 63.1 Å². The highest BCUT2D eigenvalue weighted by Gasteiger charge is 2.20. The molecule has 0 aromatic heterocycles. The molecule has 104 valence electrons. The first-order chi connectivity index (χ1) is 7.91. The minimum Gasteiger partial charge on any atom is -0.389 e. The molecule has 0 saturated heterocycles. The second kappa shape index (κ2) is 8.86. The third kappa shape index (κ3) is 9.53. The Morgan fingerprint density at radius 3 is 2.59 bits per heavy atom. The third-order valence-electron chi connectivity index (χ3n) is 2.61. The quantitative estimate of drug-likeness (QED) is 0.563. The van der Waals surface area contributed by atoms with Crippen LogP contribution in [0.25, 0.3) is 0 Å². The van der Waals surface area contributed by atoms with Gasteiger partial charge in [0, 0.05) is 26.7 Å². The van der Waals surface area contributed by atoms with Crippen LogP contribution in [0.2, 0.25) is 0 Å². The van der Waals surface area contributed by atoms with Gasteiger partial charge in [0.2, 0.25) is 0 Å². The molecule has 4 nitrogen and oxygen atoms in total. The molecule has 1 atom stereocenters. The first-order valence-corrected chi connectivity index (χ1v) is 6.47. The zero-order valence-electron chi connectivity index (χ0n) is 12.1. The van der Waals surface area contributed by atoms with Crippen LogP contribution in [0.3, 0.4) is 0 Å². The Morgan fingerprint density at radius 2 is 2.06 bits per heavy atom. The predicted molar refractivity (Wildman–Crippen MR) is 72.3 cm³/mol. The number of aliphatic hydroxyl groups is 1. The van der Waals surface area contributed by atoms with E-state index in [1.54, 1.807) is 7.11 Å². The predicted octanol–water partition coefficient (Wildman–Crippen LogP) is 0.951. The average molecular weight is 246 g/mol. The Balaban J connectivity index is 3.86. The number of methoxy groups -OCH3 is 1. The largest absolute Gasteiger partial charge is 0.389 e. The van der Waals surface area contributed by atoms with Crippen molar-refractivity contribution in [3.05, 3.63) is 0 Å². The van der Waals surface area contributed by atoms with E-state index in [0.717, 1.165) is 19.6 Å². The molecule has 0 rings (SSSR count). The summed E-state index contributed by atoms with van der Waals surface area (Å²) in [6, 6.07) is 0. The van der Waals surface area contributed by atoms with Crippen LogP contribution in [0.4, 0.5) is 0 Å². The molecule has 0 aromatic rings. The van der Waals surface area contributed by atoms with Gasteiger partial charge in [-0.25, -0.2) is 0 Å². The van der Waals surface area contributed by atoms with Crippen LogP contribution >= 0.6 is 0 Å². The van der Waals surface area contributed by atoms with Gasteiger partial charge < -0.3 is 20.1 Å². The van der Waals surface area contributed by atoms with Gasteiger partial charge in [0.25, 0.3) is 0 Å². The summed E-state index contributed by atoms with van der Waals surface area (Å²) in [5, 5.41) is 13.1. The van der Waals surface area contributed by atoms with Crippen LogP contribution in [0, 0.1) is 5.41 Å². The molecule has 17 heavy (non-hydrogen) atoms. The minimum absolute atomic E-state index is 0.219. The van der Waals surface area contributed by atoms with Crippen LogP contribution in [0.15, 0.2) is 0 Å². The fourth-order valence-electron chi connectivity index (χ4n) is 2.06. The van der Waals surface area contributed by atoms with Gasteiger partial charge >= 0.3 is 0 Å². The summed E-state index contributed by atoms with van der Waals surface area (Å²) in [5.74, 6) is 0. The highest BCUT2D eigenvalue weighted by atomic mass is 16.5. The summed E-state index contributed by atoms with van der Waals surface area (Å²) in [4.78, 5) is 2.16. The van der Waals surface area contributed by atoms with Crippen molar-refractivity contribution >= 4 is 0 Å². The van der Waals surface area contributed by atoms with Gasteiger partial charge in [0.1, 0.15) is 0 Å². The van der Waals surface area contributed by atoms with E-state index < -0.39 is 6.10 Å². The lowest BCUT2D eigenvalue weighted by atomic mass is 9.92. The maximum absolute atomic E-state index is 9.65. The summed E-state index contributed by atoms with van der Waals surface area (Å²) in [6.07, 6.45) is 0.766. The molecule has 0 heterocycles. The number of likely N-dealkylation sites (N-methyl/N-ethyl adjacent to an activating group) is 1. The molecule has 0 radical (unpaired) electrons. The molecule has 0 aliphatic carbocycles. The molecule has 0 saturated carbocycles. The number of rotatable bonds is 10. The normalized spacial score (nSPS) is 14.3. The van der Waals surface area contributed by atoms with Crippen molar-refractivity contribution in [3.63, 3.8) is 0 Å². The molecule has 0 bridgehead atoms. The number of ether oxygens (including phenoxy) is 1. The van der Waals surface area contributed by atoms with Crippen molar-refractivity contribution < 1.29 is 9.84 Å². The van der Waals surface area contributed by atoms with Crippen molar-refractivity contribution in [3.8, 4) is 0 Å². The van der Waals surface area contributed by atoms with Crippen molar-refractivity contribution in [2.24, 2.45) is 5.41 Å². The zero-order valence-corrected chi connectivity index (χ0v) is 12.1. The average Bonchev–Trinajstić information content (AvgIpc) is 2.16. The number of nitrogens with zero attached hydrogens (tertiary/aromatic N) is 1. The first-order valence-electron chi connectivity index (χ1n) is 6.47. The summed E-state index contributed by atoms with van der Waals surface area (Å²) in [7, 11) is 3.66. The molecular weight excluding hydrogens is 216 g/mol. The van der Waals surface area contributed by atoms with Crippen molar-refractivity contribution in [2.75, 3.05) is 46.9 Å². The second-order valence-electron chi connectivity index (χ2n) is 5.65. The van der Waals surface area contributed by atoms with E-state index in [0.29, 0.717) is 13.2 Å². The van der Waals surface area contributed by atoms with Gasteiger partial charge in [-0.3, -0.25) is 0 Å². The van der Waals surface area contributed by atoms with E-state index in [9.17, 15) is 5.11 Å². The standard InChI is InChI=1S/C13H30N2O2/c1-6-7-14-10-13(2,3)11-15(4)8-12(16)9-17-5/h12,14,16H,6-11H2,1-5H3. The van der Waals surface area contributed by atoms with Crippen LogP contribution in [-0.2, 0) is 4.74 Å². The van der Waals surface area contributed by atoms with Gasteiger partial charge in [0.15, 0.2) is 0 Å². The van der Waals surface area contributed by atoms with E-state index >= 15 is 0 Å². The smallest absolute Gasteiger partial charge is 0.0899 e. The SMILES string of the molecule is CCCNCC(C)(C)CN(C)CC(O)COC. The summed E-state index contributed by atoms with van der Waals surface area (Å²) >= 11 is 0. The highest BCUT2D eigenvalue weighted by molar-refractivity contribution is 4.76. The molecule has 0 fully saturated rings. The van der Waals surface area contributed by atoms with Gasteiger partial charge in [-0.1, -0.05) is 20.8 Å². The zero-order chi connectivity index (χ0) is 13.3. The lowest BCUT2D eigenvalue weighted by Crippen LogP contribution is -2.42. The van der Waals surface area contributed by atoms with Crippen LogP contribution < -0.4 is 5.32 Å². The molecule has 2 N–H and O–H groups in total. The number of aliphatic hydroxyl groups excluding tert-OH is 1. The Kier molecular flexibility index (Phi) is 8.78. The summed E-state index contributed by atoms with van der Waals surface area (Å²) in [6.45, 7) is 10.8. The Bertz CT molecular complexity index is 186. The molecule has 0 aromatic carbocycles. The van der Waals surface area contributed by atoms with Crippen molar-refractivity contribution in [1.82, 2.24) is 10.2 Å². The lowest BCUT2D eigenvalue weighted by molar-refractivity contribution is 0.0361. The van der Waals surface area contributed by atoms with E-state index in [-0.39, 0.29) is 5.41 Å². The maximum Gasteiger partial charge on any atom is 0.0899 e. The summed E-state index contributed by atoms with van der Waals surface area (Å²) in [5.41, 5.74) is 0.219. The molecular formula is C13H30N2O2. The highest BCUT2D eigenvalue weighted by Crippen LogP contribution is 2.15. The molecule has 0 aliphatic heterocycles. The van der Waals surface area contributed by atoms with Crippen LogP contribution in [0.1, 0.15) is 27.2 Å². The fourth-order valence-corrected chi connectivity index (χ4v) is 2.06. The van der Waals surface area contributed by atoms with Crippen LogP contribution in [0.5, 0.6) is 0 Å². The monoisotopic (exact) mass is 246 g/mol. The molecule has 1 unspecified atom stereocenters. The van der Waals surface area contributed by atoms with E-state index in [1.165, 1.54) is 6.42 Å². The van der Waals surface area contributed by atoms with Gasteiger partial charge in [-0.15, -0.1) is 0 Å². The minimum atomic E-state index is -0.399. The fraction of sp³-hybridized carbons (Fsp3) is 1.00. The Hall–Kier alpha value is -0.160. The lowest BCUT2D eigenvalue weighted by Gasteiger charge is -2.31. The number of hydrogen-bond donors (Lipinski definition) is 2. The molecule has 0 aliphatic rings. The first kappa shape index (κ1) is 16.8. The van der Waals surface area contributed by atoms with Gasteiger partial charge in [-0.2, -0.15) is 0 Å². The summed E-state index contributed by atoms with van der Waals surface area (Å²) < 4.78 is 4.93. The van der Waals surface area contributed by atoms with E-state index in [2.05, 4.69) is 31.0 Å². The maximum atomic E-state index is 9.65. The van der Waals surface area contributed by atoms with Gasteiger partial charge in [-0.05, 0) is 25.4 Å². The second-order valence-corrected chi connectivity index (χ2v) is 5.65. The van der Waals surface area contributed by atoms with Crippen molar-refractivity contribution in [2.45, 2.75) is 33.3 Å². The number of nitrogens with one attached hydrogen (secondary N) is 1. The molecule has 0 spiro atoms.